The molecule has 0 bridgehead atoms. The van der Waals surface area contributed by atoms with Gasteiger partial charge < -0.3 is 9.64 Å². The van der Waals surface area contributed by atoms with Crippen molar-refractivity contribution in [2.45, 2.75) is 58.0 Å². The fourth-order valence-corrected chi connectivity index (χ4v) is 7.67. The van der Waals surface area contributed by atoms with Crippen LogP contribution in [0.25, 0.3) is 0 Å². The minimum absolute atomic E-state index is 0.0559. The summed E-state index contributed by atoms with van der Waals surface area (Å²) in [5.74, 6) is 0.928. The fourth-order valence-electron chi connectivity index (χ4n) is 6.34. The number of benzene rings is 2. The zero-order valence-corrected chi connectivity index (χ0v) is 31.5. The van der Waals surface area contributed by atoms with E-state index in [2.05, 4.69) is 20.8 Å². The second kappa shape index (κ2) is 13.8. The van der Waals surface area contributed by atoms with Crippen LogP contribution in [0.1, 0.15) is 63.9 Å². The van der Waals surface area contributed by atoms with Crippen molar-refractivity contribution < 1.29 is 22.2 Å². The number of pyridine rings is 1. The number of aliphatic imine (C=N–C) groups is 1. The maximum Gasteiger partial charge on any atom is 0.354 e. The highest BCUT2D eigenvalue weighted by Gasteiger charge is 2.60. The number of aromatic nitrogens is 1. The number of amidine groups is 1. The number of nitrogens with zero attached hydrogens (tertiary/aromatic N) is 6. The van der Waals surface area contributed by atoms with Crippen molar-refractivity contribution in [3.05, 3.63) is 93.2 Å². The van der Waals surface area contributed by atoms with Gasteiger partial charge in [0.15, 0.2) is 0 Å². The summed E-state index contributed by atoms with van der Waals surface area (Å²) in [6.45, 7) is 12.9. The number of hydrogen-bond donors (Lipinski definition) is 0. The number of piperazine rings is 1. The molecule has 264 valence electrons. The van der Waals surface area contributed by atoms with Gasteiger partial charge in [-0.3, -0.25) is 14.9 Å². The van der Waals surface area contributed by atoms with Crippen LogP contribution in [0.5, 0.6) is 5.75 Å². The van der Waals surface area contributed by atoms with Crippen molar-refractivity contribution in [2.75, 3.05) is 46.9 Å². The molecule has 1 fully saturated rings. The molecule has 0 spiro atoms. The quantitative estimate of drug-likeness (QED) is 0.245. The predicted octanol–water partition coefficient (Wildman–Crippen LogP) is 6.45. The van der Waals surface area contributed by atoms with Gasteiger partial charge in [0, 0.05) is 73.7 Å². The van der Waals surface area contributed by atoms with Gasteiger partial charge in [-0.2, -0.15) is 22.1 Å². The van der Waals surface area contributed by atoms with Crippen molar-refractivity contribution >= 4 is 45.4 Å². The SMILES string of the molecule is CCOc1cc(C(C)(C)C)ncc1C1=N[C@@](C)(c2ccc(Cl)cc2)[C@@](C)(c2ccc(Cl)cc2)N1C(=O)N1CCN(S(=O)(=O)ON(C)C)CC1. The first kappa shape index (κ1) is 37.0. The van der Waals surface area contributed by atoms with Crippen molar-refractivity contribution in [1.82, 2.24) is 24.2 Å². The number of halogens is 2. The first-order chi connectivity index (χ1) is 22.9. The second-order valence-electron chi connectivity index (χ2n) is 13.7. The molecule has 0 N–H and O–H groups in total. The highest BCUT2D eigenvalue weighted by Crippen LogP contribution is 2.54. The maximum atomic E-state index is 15.1. The number of carbonyl (C=O) groups excluding carboxylic acids is 1. The van der Waals surface area contributed by atoms with Gasteiger partial charge in [-0.25, -0.2) is 4.79 Å². The van der Waals surface area contributed by atoms with E-state index in [-0.39, 0.29) is 37.6 Å². The number of carbonyl (C=O) groups is 1. The highest BCUT2D eigenvalue weighted by molar-refractivity contribution is 7.84. The molecule has 3 aromatic rings. The Balaban J connectivity index is 1.70. The lowest BCUT2D eigenvalue weighted by Crippen LogP contribution is -2.61. The Labute approximate surface area is 299 Å². The monoisotopic (exact) mass is 730 g/mol. The molecule has 1 aromatic heterocycles. The summed E-state index contributed by atoms with van der Waals surface area (Å²) in [4.78, 5) is 28.7. The molecule has 0 unspecified atom stereocenters. The van der Waals surface area contributed by atoms with E-state index in [1.165, 1.54) is 18.4 Å². The van der Waals surface area contributed by atoms with Gasteiger partial charge in [0.2, 0.25) is 0 Å². The van der Waals surface area contributed by atoms with Crippen LogP contribution in [0.4, 0.5) is 4.79 Å². The van der Waals surface area contributed by atoms with E-state index in [9.17, 15) is 8.42 Å². The summed E-state index contributed by atoms with van der Waals surface area (Å²) in [5.41, 5.74) is 0.573. The van der Waals surface area contributed by atoms with E-state index in [1.807, 2.05) is 63.2 Å². The molecule has 49 heavy (non-hydrogen) atoms. The zero-order valence-electron chi connectivity index (χ0n) is 29.2. The van der Waals surface area contributed by atoms with E-state index in [0.717, 1.165) is 21.9 Å². The number of rotatable bonds is 8. The molecule has 2 atom stereocenters. The molecule has 2 amide bonds. The van der Waals surface area contributed by atoms with Crippen molar-refractivity contribution in [2.24, 2.45) is 4.99 Å². The molecule has 11 nitrogen and oxygen atoms in total. The van der Waals surface area contributed by atoms with Gasteiger partial charge in [-0.1, -0.05) is 68.2 Å². The lowest BCUT2D eigenvalue weighted by molar-refractivity contribution is -0.00691. The van der Waals surface area contributed by atoms with Crippen molar-refractivity contribution in [3.63, 3.8) is 0 Å². The fraction of sp³-hybridized carbons (Fsp3) is 0.457. The lowest BCUT2D eigenvalue weighted by Gasteiger charge is -2.47. The summed E-state index contributed by atoms with van der Waals surface area (Å²) in [6, 6.07) is 16.4. The van der Waals surface area contributed by atoms with E-state index in [1.54, 1.807) is 28.1 Å². The minimum atomic E-state index is -4.02. The van der Waals surface area contributed by atoms with Crippen LogP contribution in [0, 0.1) is 0 Å². The zero-order chi connectivity index (χ0) is 35.9. The molecule has 0 saturated carbocycles. The second-order valence-corrected chi connectivity index (χ2v) is 16.1. The molecule has 0 radical (unpaired) electrons. The third kappa shape index (κ3) is 7.04. The number of amides is 2. The smallest absolute Gasteiger partial charge is 0.354 e. The van der Waals surface area contributed by atoms with Gasteiger partial charge in [-0.05, 0) is 56.2 Å². The van der Waals surface area contributed by atoms with Crippen LogP contribution in [0.2, 0.25) is 10.0 Å². The Bertz CT molecular complexity index is 1820. The summed E-state index contributed by atoms with van der Waals surface area (Å²) < 4.78 is 38.2. The minimum Gasteiger partial charge on any atom is -0.493 e. The molecule has 0 aliphatic carbocycles. The third-order valence-electron chi connectivity index (χ3n) is 9.18. The first-order valence-corrected chi connectivity index (χ1v) is 18.3. The molecular weight excluding hydrogens is 687 g/mol. The number of ether oxygens (including phenoxy) is 1. The van der Waals surface area contributed by atoms with E-state index < -0.39 is 21.4 Å². The molecule has 1 saturated heterocycles. The normalized spacial score (nSPS) is 22.1. The Kier molecular flexibility index (Phi) is 10.4. The van der Waals surface area contributed by atoms with E-state index in [0.29, 0.717) is 33.8 Å². The molecular formula is C35H44Cl2N6O5S. The standard InChI is InChI=1S/C35H44Cl2N6O5S/c1-9-47-29-22-30(33(2,3)4)38-23-28(29)31-39-34(5,24-10-14-26(36)15-11-24)35(6,25-12-16-27(37)17-13-25)43(31)32(44)41-18-20-42(21-19-41)49(45,46)48-40(7)8/h10-17,22-23H,9,18-21H2,1-8H3/t34-,35+/m0/s1. The maximum absolute atomic E-state index is 15.1. The molecule has 14 heteroatoms. The number of hydroxylamine groups is 2. The van der Waals surface area contributed by atoms with Crippen LogP contribution in [0.3, 0.4) is 0 Å². The van der Waals surface area contributed by atoms with Crippen molar-refractivity contribution in [3.8, 4) is 5.75 Å². The van der Waals surface area contributed by atoms with Crippen LogP contribution < -0.4 is 4.74 Å². The third-order valence-corrected chi connectivity index (χ3v) is 11.2. The summed E-state index contributed by atoms with van der Waals surface area (Å²) in [7, 11) is -1.02. The summed E-state index contributed by atoms with van der Waals surface area (Å²) in [5, 5.41) is 2.25. The van der Waals surface area contributed by atoms with Crippen LogP contribution in [0.15, 0.2) is 65.8 Å². The van der Waals surface area contributed by atoms with E-state index in [4.69, 9.17) is 42.2 Å². The van der Waals surface area contributed by atoms with E-state index >= 15 is 4.79 Å². The van der Waals surface area contributed by atoms with Crippen LogP contribution in [-0.2, 0) is 31.1 Å². The Hall–Kier alpha value is -3.26. The molecule has 2 aliphatic heterocycles. The Morgan fingerprint density at radius 1 is 0.939 bits per heavy atom. The number of hydrogen-bond acceptors (Lipinski definition) is 8. The molecule has 2 aliphatic rings. The van der Waals surface area contributed by atoms with Gasteiger partial charge in [0.1, 0.15) is 22.7 Å². The largest absolute Gasteiger partial charge is 0.493 e. The Morgan fingerprint density at radius 3 is 2.00 bits per heavy atom. The molecule has 5 rings (SSSR count). The van der Waals surface area contributed by atoms with Gasteiger partial charge in [0.05, 0.1) is 12.2 Å². The van der Waals surface area contributed by atoms with Crippen molar-refractivity contribution in [1.29, 1.82) is 0 Å². The summed E-state index contributed by atoms with van der Waals surface area (Å²) in [6.07, 6.45) is 1.73. The predicted molar refractivity (Wildman–Crippen MR) is 192 cm³/mol. The van der Waals surface area contributed by atoms with Gasteiger partial charge >= 0.3 is 16.3 Å². The average molecular weight is 732 g/mol. The van der Waals surface area contributed by atoms with Gasteiger partial charge in [0.25, 0.3) is 0 Å². The average Bonchev–Trinajstić information content (AvgIpc) is 3.28. The van der Waals surface area contributed by atoms with Gasteiger partial charge in [-0.15, -0.1) is 0 Å². The lowest BCUT2D eigenvalue weighted by atomic mass is 9.71. The molecule has 3 heterocycles. The molecule has 2 aromatic carbocycles. The van der Waals surface area contributed by atoms with Crippen LogP contribution in [-0.4, -0.2) is 91.3 Å². The highest BCUT2D eigenvalue weighted by atomic mass is 35.5. The number of urea groups is 1. The first-order valence-electron chi connectivity index (χ1n) is 16.1. The Morgan fingerprint density at radius 2 is 1.49 bits per heavy atom. The van der Waals surface area contributed by atoms with Crippen LogP contribution >= 0.6 is 23.2 Å². The topological polar surface area (TPSA) is 108 Å². The summed E-state index contributed by atoms with van der Waals surface area (Å²) >= 11 is 12.7.